The standard InChI is InChI=1S/C64H108N2O48/c1-13-27(76)33(82)40(89)57(96-13)110-50-25(65-16(4)74)55(95)99-22(10-71)47(50)107-56-26(66-17(5)75)51(111-63-53(37(86)29(78)15(3)98-63)114-60-43(92)36(85)31(80)19(7-68)101-60)48(23(11-72)103-56)108-62-45(94)52(112-61-44(93)39(88)46(21(9-70)104-61)106-59-42(91)35(84)30(79)18(6-67)100-59)49(24(12-73)105-62)109-64-54(38(87)32(81)20(8-69)102-64)113-58-41(90)34(83)28(77)14(2)97-58/h13-15,18-64,67-73,76-95H,6-12H2,1-5H3,(H,65,74)(H,66,75)/t13-,14-,15-,18+,19+,20+,21+,22+,23+,24+,25+,26+,27+,28+,29+,30-,31-,32-,33+,34+,35-,36-,37+,38-,39+,40-,41-,42+,43+,44-,45-,46+,47+,48+,49+,50+,51+,52+,53-,54+,55+,56-,57-,58-,59+,60?,61+,62-,63-,64-/m0/s1. The van der Waals surface area contributed by atoms with Gasteiger partial charge in [0.25, 0.3) is 0 Å². The van der Waals surface area contributed by atoms with Crippen molar-refractivity contribution in [3.8, 4) is 0 Å². The Morgan fingerprint density at radius 2 is 0.465 bits per heavy atom. The van der Waals surface area contributed by atoms with Gasteiger partial charge in [-0.3, -0.25) is 9.59 Å². The van der Waals surface area contributed by atoms with Crippen LogP contribution in [0, 0.1) is 0 Å². The van der Waals surface area contributed by atoms with Gasteiger partial charge in [0.05, 0.1) is 64.6 Å². The number of carbonyl (C=O) groups is 2. The fourth-order valence-electron chi connectivity index (χ4n) is 15.0. The van der Waals surface area contributed by atoms with E-state index >= 15 is 0 Å². The Morgan fingerprint density at radius 3 is 0.904 bits per heavy atom. The van der Waals surface area contributed by atoms with Gasteiger partial charge in [0.2, 0.25) is 11.8 Å². The highest BCUT2D eigenvalue weighted by Crippen LogP contribution is 2.42. The zero-order valence-electron chi connectivity index (χ0n) is 61.5. The third kappa shape index (κ3) is 19.6. The molecule has 29 N–H and O–H groups in total. The van der Waals surface area contributed by atoms with E-state index in [-0.39, 0.29) is 0 Å². The van der Waals surface area contributed by atoms with E-state index in [2.05, 4.69) is 10.6 Å². The second kappa shape index (κ2) is 40.0. The Morgan fingerprint density at radius 1 is 0.228 bits per heavy atom. The van der Waals surface area contributed by atoms with Crippen molar-refractivity contribution in [2.75, 3.05) is 46.2 Å². The van der Waals surface area contributed by atoms with Crippen LogP contribution >= 0.6 is 0 Å². The number of ether oxygens (including phenoxy) is 19. The molecule has 0 aromatic heterocycles. The molecule has 50 atom stereocenters. The van der Waals surface area contributed by atoms with Gasteiger partial charge < -0.3 is 239 Å². The predicted molar refractivity (Wildman–Crippen MR) is 349 cm³/mol. The van der Waals surface area contributed by atoms with Gasteiger partial charge in [-0.15, -0.1) is 0 Å². The molecule has 10 aliphatic heterocycles. The molecule has 50 nitrogen and oxygen atoms in total. The van der Waals surface area contributed by atoms with Gasteiger partial charge in [-0.1, -0.05) is 0 Å². The summed E-state index contributed by atoms with van der Waals surface area (Å²) in [6, 6.07) is -4.03. The Hall–Kier alpha value is -2.90. The maximum absolute atomic E-state index is 14.0. The second-order valence-electron chi connectivity index (χ2n) is 29.4. The van der Waals surface area contributed by atoms with E-state index in [4.69, 9.17) is 90.0 Å². The molecule has 0 aromatic rings. The van der Waals surface area contributed by atoms with Crippen LogP contribution in [0.4, 0.5) is 0 Å². The molecule has 10 heterocycles. The molecule has 10 saturated heterocycles. The Labute approximate surface area is 646 Å². The molecule has 0 bridgehead atoms. The summed E-state index contributed by atoms with van der Waals surface area (Å²) in [6.45, 7) is -2.75. The summed E-state index contributed by atoms with van der Waals surface area (Å²) in [7, 11) is 0. The van der Waals surface area contributed by atoms with Crippen molar-refractivity contribution in [1.29, 1.82) is 0 Å². The van der Waals surface area contributed by atoms with E-state index in [1.54, 1.807) is 0 Å². The van der Waals surface area contributed by atoms with Crippen molar-refractivity contribution >= 4 is 11.8 Å². The minimum Gasteiger partial charge on any atom is -0.394 e. The number of nitrogens with one attached hydrogen (secondary N) is 2. The molecule has 0 aliphatic carbocycles. The molecule has 50 heteroatoms. The molecule has 1 unspecified atom stereocenters. The number of hydrogen-bond donors (Lipinski definition) is 29. The molecule has 10 rings (SSSR count). The Kier molecular flexibility index (Phi) is 32.7. The molecular weight excluding hydrogens is 1560 g/mol. The lowest BCUT2D eigenvalue weighted by atomic mass is 9.92. The van der Waals surface area contributed by atoms with Crippen LogP contribution in [0.5, 0.6) is 0 Å². The van der Waals surface area contributed by atoms with Crippen LogP contribution in [0.25, 0.3) is 0 Å². The monoisotopic (exact) mass is 1670 g/mol. The summed E-state index contributed by atoms with van der Waals surface area (Å²) in [4.78, 5) is 26.9. The van der Waals surface area contributed by atoms with E-state index in [0.717, 1.165) is 13.8 Å². The summed E-state index contributed by atoms with van der Waals surface area (Å²) in [5.41, 5.74) is 0. The minimum atomic E-state index is -2.70. The fraction of sp³-hybridized carbons (Fsp3) is 0.969. The van der Waals surface area contributed by atoms with Gasteiger partial charge in [0, 0.05) is 13.8 Å². The minimum absolute atomic E-state index is 0.892. The van der Waals surface area contributed by atoms with Crippen molar-refractivity contribution in [1.82, 2.24) is 10.6 Å². The first-order valence-electron chi connectivity index (χ1n) is 36.7. The van der Waals surface area contributed by atoms with Crippen LogP contribution < -0.4 is 10.6 Å². The SMILES string of the molecule is CC(=O)N[C@@H]1[C@@H](O[C@@H]2O[C@@H](C)[C@@H](O)[C@@H](O)[C@@H]2O)[C@H](O[C@@H]2O[C@H](CO)[C@@H](O[C@@H]3O[C@H](CO)[C@@H](O[C@@H]4O[C@H](CO)[C@H](O)[C@H](O)[C@H]4O[C@@H]4O[C@@H](C)[C@@H](O)[C@@H](O)[C@@H]4O)[C@H](O[C@H]4O[C@H](CO)[C@@H](O[C@H]5O[C@H](CO)[C@H](O)[C@H](O)[C@H]5O)[C@H](O)[C@@H]4O)[C@@H]3O)[C@H](O[C@@H]3O[C@@H](C)[C@@H](O)[C@@H](O)[C@@H]3OC3O[C@H](CO)[C@H](O)[C@H](O)[C@H]3O)[C@H]2NC(C)=O)[C@@H](CO)O[C@H]1O. The van der Waals surface area contributed by atoms with Crippen molar-refractivity contribution in [3.63, 3.8) is 0 Å². The van der Waals surface area contributed by atoms with Gasteiger partial charge >= 0.3 is 0 Å². The lowest BCUT2D eigenvalue weighted by molar-refractivity contribution is -0.416. The number of amides is 2. The molecule has 2 amide bonds. The molecule has 0 radical (unpaired) electrons. The van der Waals surface area contributed by atoms with Crippen molar-refractivity contribution in [2.45, 2.75) is 342 Å². The molecule has 0 saturated carbocycles. The van der Waals surface area contributed by atoms with Crippen LogP contribution in [-0.4, -0.2) is 503 Å². The van der Waals surface area contributed by atoms with Crippen molar-refractivity contribution in [3.05, 3.63) is 0 Å². The summed E-state index contributed by atoms with van der Waals surface area (Å²) >= 11 is 0. The van der Waals surface area contributed by atoms with E-state index < -0.39 is 365 Å². The summed E-state index contributed by atoms with van der Waals surface area (Å²) in [5.74, 6) is -1.98. The van der Waals surface area contributed by atoms with Crippen molar-refractivity contribution in [2.24, 2.45) is 0 Å². The summed E-state index contributed by atoms with van der Waals surface area (Å²) in [6.07, 6.45) is -101. The Balaban J connectivity index is 1.08. The highest BCUT2D eigenvalue weighted by Gasteiger charge is 2.63. The first-order valence-corrected chi connectivity index (χ1v) is 36.7. The topological polar surface area (TPSA) is 780 Å². The summed E-state index contributed by atoms with van der Waals surface area (Å²) < 4.78 is 115. The zero-order chi connectivity index (χ0) is 83.8. The van der Waals surface area contributed by atoms with Gasteiger partial charge in [0.15, 0.2) is 62.9 Å². The number of hydrogen-bond acceptors (Lipinski definition) is 48. The first-order chi connectivity index (χ1) is 53.9. The Bertz CT molecular complexity index is 2990. The fourth-order valence-corrected chi connectivity index (χ4v) is 15.0. The summed E-state index contributed by atoms with van der Waals surface area (Å²) in [5, 5.41) is 306. The first kappa shape index (κ1) is 93.4. The van der Waals surface area contributed by atoms with Gasteiger partial charge in [0.1, 0.15) is 226 Å². The molecule has 662 valence electrons. The average molecular weight is 1670 g/mol. The van der Waals surface area contributed by atoms with Crippen LogP contribution in [0.2, 0.25) is 0 Å². The smallest absolute Gasteiger partial charge is 0.217 e. The van der Waals surface area contributed by atoms with Crippen LogP contribution in [0.3, 0.4) is 0 Å². The number of rotatable bonds is 27. The maximum Gasteiger partial charge on any atom is 0.217 e. The van der Waals surface area contributed by atoms with Crippen LogP contribution in [-0.2, 0) is 99.6 Å². The molecule has 10 aliphatic rings. The zero-order valence-corrected chi connectivity index (χ0v) is 61.5. The lowest BCUT2D eigenvalue weighted by Crippen LogP contribution is -2.72. The molecular formula is C64H108N2O48. The predicted octanol–water partition coefficient (Wildman–Crippen LogP) is -19.4. The molecule has 10 fully saturated rings. The van der Waals surface area contributed by atoms with Crippen molar-refractivity contribution < 1.29 is 237 Å². The third-order valence-electron chi connectivity index (χ3n) is 21.6. The molecule has 0 spiro atoms. The number of aliphatic hydroxyl groups is 27. The normalized spacial score (nSPS) is 52.5. The largest absolute Gasteiger partial charge is 0.394 e. The average Bonchev–Trinajstić information content (AvgIpc) is 0.756. The van der Waals surface area contributed by atoms with E-state index in [1.807, 2.05) is 0 Å². The highest BCUT2D eigenvalue weighted by molar-refractivity contribution is 5.73. The lowest BCUT2D eigenvalue weighted by Gasteiger charge is -2.53. The quantitative estimate of drug-likeness (QED) is 0.0363. The van der Waals surface area contributed by atoms with Gasteiger partial charge in [-0.05, 0) is 20.8 Å². The van der Waals surface area contributed by atoms with E-state index in [9.17, 15) is 147 Å². The van der Waals surface area contributed by atoms with E-state index in [1.165, 1.54) is 20.8 Å². The van der Waals surface area contributed by atoms with Crippen LogP contribution in [0.15, 0.2) is 0 Å². The van der Waals surface area contributed by atoms with Gasteiger partial charge in [-0.25, -0.2) is 0 Å². The van der Waals surface area contributed by atoms with E-state index in [0.29, 0.717) is 0 Å². The third-order valence-corrected chi connectivity index (χ3v) is 21.6. The van der Waals surface area contributed by atoms with Gasteiger partial charge in [-0.2, -0.15) is 0 Å². The molecule has 0 aromatic carbocycles. The van der Waals surface area contributed by atoms with Crippen LogP contribution in [0.1, 0.15) is 34.6 Å². The molecule has 114 heavy (non-hydrogen) atoms. The number of aliphatic hydroxyl groups excluding tert-OH is 27. The second-order valence-corrected chi connectivity index (χ2v) is 29.4. The maximum atomic E-state index is 14.0. The highest BCUT2D eigenvalue weighted by atomic mass is 16.8. The number of carbonyl (C=O) groups excluding carboxylic acids is 2.